The van der Waals surface area contributed by atoms with Gasteiger partial charge >= 0.3 is 0 Å². The van der Waals surface area contributed by atoms with Crippen molar-refractivity contribution in [3.63, 3.8) is 0 Å². The fourth-order valence-corrected chi connectivity index (χ4v) is 3.46. The Morgan fingerprint density at radius 2 is 2.00 bits per heavy atom. The second-order valence-corrected chi connectivity index (χ2v) is 5.63. The molecule has 2 fully saturated rings. The van der Waals surface area contributed by atoms with Crippen LogP contribution in [-0.4, -0.2) is 0 Å². The van der Waals surface area contributed by atoms with Crippen molar-refractivity contribution in [2.75, 3.05) is 0 Å². The molecule has 3 unspecified atom stereocenters. The van der Waals surface area contributed by atoms with Gasteiger partial charge in [-0.25, -0.2) is 4.39 Å². The molecule has 1 aromatic rings. The van der Waals surface area contributed by atoms with Crippen molar-refractivity contribution in [3.8, 4) is 0 Å². The van der Waals surface area contributed by atoms with Crippen LogP contribution < -0.4 is 11.3 Å². The predicted molar refractivity (Wildman–Crippen MR) is 65.5 cm³/mol. The number of nitrogens with one attached hydrogen (secondary N) is 1. The maximum atomic E-state index is 13.3. The summed E-state index contributed by atoms with van der Waals surface area (Å²) in [7, 11) is 0. The Labute approximate surface area is 101 Å². The van der Waals surface area contributed by atoms with Crippen molar-refractivity contribution in [1.29, 1.82) is 0 Å². The standard InChI is InChI=1S/C14H19FN2/c1-8-2-3-12(15)7-13(8)14(17-16)11-5-9-4-10(9)6-11/h2-3,7,9-11,14,17H,4-6,16H2,1H3. The third kappa shape index (κ3) is 1.98. The number of benzene rings is 1. The maximum absolute atomic E-state index is 13.3. The van der Waals surface area contributed by atoms with Crippen LogP contribution in [0.3, 0.4) is 0 Å². The first-order valence-electron chi connectivity index (χ1n) is 6.41. The summed E-state index contributed by atoms with van der Waals surface area (Å²) in [4.78, 5) is 0. The molecule has 3 rings (SSSR count). The number of rotatable bonds is 3. The lowest BCUT2D eigenvalue weighted by Crippen LogP contribution is -2.33. The van der Waals surface area contributed by atoms with Crippen molar-refractivity contribution >= 4 is 0 Å². The topological polar surface area (TPSA) is 38.0 Å². The molecule has 0 spiro atoms. The Hall–Kier alpha value is -0.930. The molecule has 0 radical (unpaired) electrons. The Balaban J connectivity index is 1.86. The molecule has 0 bridgehead atoms. The second-order valence-electron chi connectivity index (χ2n) is 5.63. The van der Waals surface area contributed by atoms with Crippen molar-refractivity contribution in [2.45, 2.75) is 32.2 Å². The first-order chi connectivity index (χ1) is 8.19. The molecule has 2 aliphatic rings. The highest BCUT2D eigenvalue weighted by Gasteiger charge is 2.48. The quantitative estimate of drug-likeness (QED) is 0.623. The van der Waals surface area contributed by atoms with Gasteiger partial charge in [0.2, 0.25) is 0 Å². The van der Waals surface area contributed by atoms with E-state index in [1.807, 2.05) is 13.0 Å². The van der Waals surface area contributed by atoms with Gasteiger partial charge in [0.1, 0.15) is 5.82 Å². The van der Waals surface area contributed by atoms with Crippen LogP contribution in [0.1, 0.15) is 36.4 Å². The predicted octanol–water partition coefficient (Wildman–Crippen LogP) is 2.68. The molecule has 0 aromatic heterocycles. The molecule has 1 aromatic carbocycles. The Bertz CT molecular complexity index is 422. The zero-order valence-corrected chi connectivity index (χ0v) is 10.1. The highest BCUT2D eigenvalue weighted by atomic mass is 19.1. The van der Waals surface area contributed by atoms with Gasteiger partial charge in [-0.1, -0.05) is 6.07 Å². The van der Waals surface area contributed by atoms with E-state index in [0.717, 1.165) is 23.0 Å². The van der Waals surface area contributed by atoms with E-state index in [1.165, 1.54) is 25.3 Å². The number of hydrogen-bond acceptors (Lipinski definition) is 2. The summed E-state index contributed by atoms with van der Waals surface area (Å²) in [5.74, 6) is 7.93. The van der Waals surface area contributed by atoms with Gasteiger partial charge in [-0.3, -0.25) is 11.3 Å². The van der Waals surface area contributed by atoms with Gasteiger partial charge < -0.3 is 0 Å². The fraction of sp³-hybridized carbons (Fsp3) is 0.571. The van der Waals surface area contributed by atoms with Gasteiger partial charge in [0, 0.05) is 6.04 Å². The molecule has 0 aliphatic heterocycles. The van der Waals surface area contributed by atoms with Gasteiger partial charge in [-0.2, -0.15) is 0 Å². The zero-order chi connectivity index (χ0) is 12.0. The summed E-state index contributed by atoms with van der Waals surface area (Å²) in [6.07, 6.45) is 3.89. The summed E-state index contributed by atoms with van der Waals surface area (Å²) in [5, 5.41) is 0. The number of hydrazine groups is 1. The lowest BCUT2D eigenvalue weighted by molar-refractivity contribution is 0.343. The van der Waals surface area contributed by atoms with E-state index in [1.54, 1.807) is 6.07 Å². The normalized spacial score (nSPS) is 32.3. The lowest BCUT2D eigenvalue weighted by Gasteiger charge is -2.26. The van der Waals surface area contributed by atoms with E-state index in [9.17, 15) is 4.39 Å². The van der Waals surface area contributed by atoms with Gasteiger partial charge in [0.25, 0.3) is 0 Å². The molecule has 3 atom stereocenters. The van der Waals surface area contributed by atoms with Crippen LogP contribution in [0.15, 0.2) is 18.2 Å². The van der Waals surface area contributed by atoms with Gasteiger partial charge in [-0.15, -0.1) is 0 Å². The molecule has 3 N–H and O–H groups in total. The van der Waals surface area contributed by atoms with Crippen LogP contribution >= 0.6 is 0 Å². The smallest absolute Gasteiger partial charge is 0.123 e. The van der Waals surface area contributed by atoms with Crippen molar-refractivity contribution in [3.05, 3.63) is 35.1 Å². The lowest BCUT2D eigenvalue weighted by atomic mass is 9.87. The van der Waals surface area contributed by atoms with E-state index < -0.39 is 0 Å². The third-order valence-corrected chi connectivity index (χ3v) is 4.51. The summed E-state index contributed by atoms with van der Waals surface area (Å²) >= 11 is 0. The molecule has 0 amide bonds. The van der Waals surface area contributed by atoms with Crippen LogP contribution in [0.2, 0.25) is 0 Å². The number of nitrogens with two attached hydrogens (primary N) is 1. The van der Waals surface area contributed by atoms with Crippen LogP contribution in [0.25, 0.3) is 0 Å². The maximum Gasteiger partial charge on any atom is 0.123 e. The third-order valence-electron chi connectivity index (χ3n) is 4.51. The second kappa shape index (κ2) is 4.07. The van der Waals surface area contributed by atoms with E-state index in [-0.39, 0.29) is 11.9 Å². The Kier molecular flexibility index (Phi) is 2.68. The van der Waals surface area contributed by atoms with Crippen LogP contribution in [0, 0.1) is 30.5 Å². The molecular weight excluding hydrogens is 215 g/mol. The SMILES string of the molecule is Cc1ccc(F)cc1C(NN)C1CC2CC2C1. The van der Waals surface area contributed by atoms with Crippen molar-refractivity contribution < 1.29 is 4.39 Å². The average molecular weight is 234 g/mol. The molecule has 17 heavy (non-hydrogen) atoms. The molecule has 3 heteroatoms. The minimum atomic E-state index is -0.172. The van der Waals surface area contributed by atoms with Crippen LogP contribution in [0.5, 0.6) is 0 Å². The van der Waals surface area contributed by atoms with Crippen LogP contribution in [-0.2, 0) is 0 Å². The number of halogens is 1. The number of hydrogen-bond donors (Lipinski definition) is 2. The first kappa shape index (κ1) is 11.2. The first-order valence-corrected chi connectivity index (χ1v) is 6.41. The largest absolute Gasteiger partial charge is 0.271 e. The highest BCUT2D eigenvalue weighted by Crippen LogP contribution is 2.57. The molecule has 0 saturated heterocycles. The fourth-order valence-electron chi connectivity index (χ4n) is 3.46. The molecule has 92 valence electrons. The molecule has 2 nitrogen and oxygen atoms in total. The summed E-state index contributed by atoms with van der Waals surface area (Å²) < 4.78 is 13.3. The number of fused-ring (bicyclic) bond motifs is 1. The Morgan fingerprint density at radius 1 is 1.29 bits per heavy atom. The Morgan fingerprint density at radius 3 is 2.65 bits per heavy atom. The molecule has 2 aliphatic carbocycles. The number of aryl methyl sites for hydroxylation is 1. The zero-order valence-electron chi connectivity index (χ0n) is 10.1. The van der Waals surface area contributed by atoms with E-state index in [2.05, 4.69) is 5.43 Å². The summed E-state index contributed by atoms with van der Waals surface area (Å²) in [6.45, 7) is 2.02. The van der Waals surface area contributed by atoms with Crippen LogP contribution in [0.4, 0.5) is 4.39 Å². The molecule has 0 heterocycles. The van der Waals surface area contributed by atoms with Crippen molar-refractivity contribution in [1.82, 2.24) is 5.43 Å². The summed E-state index contributed by atoms with van der Waals surface area (Å²) in [5.41, 5.74) is 5.05. The van der Waals surface area contributed by atoms with E-state index in [4.69, 9.17) is 5.84 Å². The van der Waals surface area contributed by atoms with Gasteiger partial charge in [0.15, 0.2) is 0 Å². The minimum Gasteiger partial charge on any atom is -0.271 e. The minimum absolute atomic E-state index is 0.110. The average Bonchev–Trinajstić information content (AvgIpc) is 2.92. The monoisotopic (exact) mass is 234 g/mol. The van der Waals surface area contributed by atoms with Gasteiger partial charge in [0.05, 0.1) is 0 Å². The summed E-state index contributed by atoms with van der Waals surface area (Å²) in [6, 6.07) is 5.09. The highest BCUT2D eigenvalue weighted by molar-refractivity contribution is 5.30. The van der Waals surface area contributed by atoms with Gasteiger partial charge in [-0.05, 0) is 67.2 Å². The molecule has 2 saturated carbocycles. The van der Waals surface area contributed by atoms with Crippen molar-refractivity contribution in [2.24, 2.45) is 23.6 Å². The van der Waals surface area contributed by atoms with E-state index >= 15 is 0 Å². The van der Waals surface area contributed by atoms with E-state index in [0.29, 0.717) is 5.92 Å². The molecular formula is C14H19FN2.